The van der Waals surface area contributed by atoms with Crippen LogP contribution in [0.15, 0.2) is 36.4 Å². The lowest BCUT2D eigenvalue weighted by molar-refractivity contribution is -0.137. The molecule has 0 aliphatic rings. The van der Waals surface area contributed by atoms with Gasteiger partial charge in [-0.1, -0.05) is 23.8 Å². The van der Waals surface area contributed by atoms with Crippen LogP contribution in [-0.4, -0.2) is 20.6 Å². The number of rotatable bonds is 5. The number of aryl methyl sites for hydroxylation is 4. The van der Waals surface area contributed by atoms with Gasteiger partial charge in [0.2, 0.25) is 0 Å². The van der Waals surface area contributed by atoms with Gasteiger partial charge in [0.05, 0.1) is 11.0 Å². The topological polar surface area (TPSA) is 55.1 Å². The molecule has 0 atom stereocenters. The summed E-state index contributed by atoms with van der Waals surface area (Å²) in [6, 6.07) is 12.5. The number of hydrogen-bond donors (Lipinski definition) is 1. The third-order valence-electron chi connectivity index (χ3n) is 4.41. The highest BCUT2D eigenvalue weighted by molar-refractivity contribution is 5.82. The van der Waals surface area contributed by atoms with E-state index in [9.17, 15) is 4.79 Å². The summed E-state index contributed by atoms with van der Waals surface area (Å²) < 4.78 is 2.15. The molecule has 0 fully saturated rings. The quantitative estimate of drug-likeness (QED) is 0.753. The largest absolute Gasteiger partial charge is 0.481 e. The molecule has 0 aliphatic carbocycles. The molecule has 4 heteroatoms. The van der Waals surface area contributed by atoms with Gasteiger partial charge in [-0.15, -0.1) is 0 Å². The van der Waals surface area contributed by atoms with Gasteiger partial charge in [0.25, 0.3) is 0 Å². The standard InChI is InChI=1S/C20H22N2O2/c1-13-6-4-7-16(10-13)20-21-17-11-14(2)15(3)12-18(17)22(20)9-5-8-19(23)24/h4,6-7,10-12H,5,8-9H2,1-3H3,(H,23,24). The highest BCUT2D eigenvalue weighted by Gasteiger charge is 2.14. The van der Waals surface area contributed by atoms with E-state index in [2.05, 4.69) is 55.7 Å². The second kappa shape index (κ2) is 6.48. The van der Waals surface area contributed by atoms with Crippen molar-refractivity contribution in [3.63, 3.8) is 0 Å². The van der Waals surface area contributed by atoms with Crippen LogP contribution in [-0.2, 0) is 11.3 Å². The predicted molar refractivity (Wildman–Crippen MR) is 96.2 cm³/mol. The fourth-order valence-corrected chi connectivity index (χ4v) is 3.00. The van der Waals surface area contributed by atoms with Gasteiger partial charge in [0, 0.05) is 18.5 Å². The molecule has 2 aromatic carbocycles. The molecule has 1 N–H and O–H groups in total. The molecular weight excluding hydrogens is 300 g/mol. The zero-order chi connectivity index (χ0) is 17.3. The van der Waals surface area contributed by atoms with E-state index < -0.39 is 5.97 Å². The summed E-state index contributed by atoms with van der Waals surface area (Å²) in [6.45, 7) is 6.89. The van der Waals surface area contributed by atoms with Crippen LogP contribution >= 0.6 is 0 Å². The average molecular weight is 322 g/mol. The number of imidazole rings is 1. The first kappa shape index (κ1) is 16.2. The number of nitrogens with zero attached hydrogens (tertiary/aromatic N) is 2. The monoisotopic (exact) mass is 322 g/mol. The van der Waals surface area contributed by atoms with Crippen LogP contribution in [0, 0.1) is 20.8 Å². The lowest BCUT2D eigenvalue weighted by Crippen LogP contribution is -2.04. The number of carboxylic acid groups (broad SMARTS) is 1. The van der Waals surface area contributed by atoms with Crippen LogP contribution in [0.4, 0.5) is 0 Å². The maximum Gasteiger partial charge on any atom is 0.303 e. The number of carboxylic acids is 1. The molecule has 0 aliphatic heterocycles. The molecule has 0 spiro atoms. The van der Waals surface area contributed by atoms with Gasteiger partial charge in [0.1, 0.15) is 5.82 Å². The van der Waals surface area contributed by atoms with E-state index in [1.807, 2.05) is 6.07 Å². The number of aliphatic carboxylic acids is 1. The Morgan fingerprint density at radius 3 is 2.58 bits per heavy atom. The van der Waals surface area contributed by atoms with Crippen molar-refractivity contribution in [2.45, 2.75) is 40.2 Å². The SMILES string of the molecule is Cc1cccc(-c2nc3cc(C)c(C)cc3n2CCCC(=O)O)c1. The molecule has 3 aromatic rings. The summed E-state index contributed by atoms with van der Waals surface area (Å²) in [5.74, 6) is 0.146. The van der Waals surface area contributed by atoms with Crippen molar-refractivity contribution >= 4 is 17.0 Å². The van der Waals surface area contributed by atoms with Crippen molar-refractivity contribution in [1.29, 1.82) is 0 Å². The molecule has 0 unspecified atom stereocenters. The average Bonchev–Trinajstić information content (AvgIpc) is 2.85. The normalized spacial score (nSPS) is 11.1. The second-order valence-corrected chi connectivity index (χ2v) is 6.38. The molecule has 124 valence electrons. The van der Waals surface area contributed by atoms with E-state index in [0.29, 0.717) is 13.0 Å². The Bertz CT molecular complexity index is 909. The van der Waals surface area contributed by atoms with Gasteiger partial charge in [-0.3, -0.25) is 4.79 Å². The lowest BCUT2D eigenvalue weighted by atomic mass is 10.1. The van der Waals surface area contributed by atoms with Gasteiger partial charge < -0.3 is 9.67 Å². The van der Waals surface area contributed by atoms with Gasteiger partial charge in [0.15, 0.2) is 0 Å². The summed E-state index contributed by atoms with van der Waals surface area (Å²) in [7, 11) is 0. The first-order valence-corrected chi connectivity index (χ1v) is 8.22. The first-order valence-electron chi connectivity index (χ1n) is 8.22. The predicted octanol–water partition coefficient (Wildman–Crippen LogP) is 4.49. The molecule has 1 heterocycles. The summed E-state index contributed by atoms with van der Waals surface area (Å²) >= 11 is 0. The van der Waals surface area contributed by atoms with Gasteiger partial charge >= 0.3 is 5.97 Å². The number of fused-ring (bicyclic) bond motifs is 1. The fourth-order valence-electron chi connectivity index (χ4n) is 3.00. The highest BCUT2D eigenvalue weighted by Crippen LogP contribution is 2.28. The van der Waals surface area contributed by atoms with Crippen LogP contribution in [0.3, 0.4) is 0 Å². The first-order chi connectivity index (χ1) is 11.5. The Labute approximate surface area is 141 Å². The third-order valence-corrected chi connectivity index (χ3v) is 4.41. The van der Waals surface area contributed by atoms with Crippen molar-refractivity contribution < 1.29 is 9.90 Å². The molecule has 0 saturated heterocycles. The van der Waals surface area contributed by atoms with Crippen molar-refractivity contribution in [3.05, 3.63) is 53.1 Å². The zero-order valence-electron chi connectivity index (χ0n) is 14.3. The summed E-state index contributed by atoms with van der Waals surface area (Å²) in [4.78, 5) is 15.7. The van der Waals surface area contributed by atoms with Gasteiger partial charge in [-0.2, -0.15) is 0 Å². The van der Waals surface area contributed by atoms with Crippen LogP contribution in [0.5, 0.6) is 0 Å². The van der Waals surface area contributed by atoms with E-state index in [4.69, 9.17) is 10.1 Å². The van der Waals surface area contributed by atoms with E-state index in [0.717, 1.165) is 22.4 Å². The van der Waals surface area contributed by atoms with E-state index in [1.165, 1.54) is 16.7 Å². The molecule has 24 heavy (non-hydrogen) atoms. The second-order valence-electron chi connectivity index (χ2n) is 6.38. The Kier molecular flexibility index (Phi) is 4.38. The Morgan fingerprint density at radius 1 is 1.12 bits per heavy atom. The van der Waals surface area contributed by atoms with Gasteiger partial charge in [-0.05, 0) is 56.5 Å². The molecule has 0 radical (unpaired) electrons. The molecule has 0 saturated carbocycles. The van der Waals surface area contributed by atoms with Crippen molar-refractivity contribution in [2.75, 3.05) is 0 Å². The Morgan fingerprint density at radius 2 is 1.88 bits per heavy atom. The van der Waals surface area contributed by atoms with Crippen molar-refractivity contribution in [3.8, 4) is 11.4 Å². The van der Waals surface area contributed by atoms with Crippen molar-refractivity contribution in [2.24, 2.45) is 0 Å². The van der Waals surface area contributed by atoms with Crippen molar-refractivity contribution in [1.82, 2.24) is 9.55 Å². The van der Waals surface area contributed by atoms with E-state index in [1.54, 1.807) is 0 Å². The van der Waals surface area contributed by atoms with E-state index in [-0.39, 0.29) is 6.42 Å². The maximum absolute atomic E-state index is 10.9. The lowest BCUT2D eigenvalue weighted by Gasteiger charge is -2.10. The molecular formula is C20H22N2O2. The Balaban J connectivity index is 2.13. The highest BCUT2D eigenvalue weighted by atomic mass is 16.4. The van der Waals surface area contributed by atoms with Crippen LogP contribution < -0.4 is 0 Å². The Hall–Kier alpha value is -2.62. The van der Waals surface area contributed by atoms with E-state index >= 15 is 0 Å². The van der Waals surface area contributed by atoms with Crippen LogP contribution in [0.1, 0.15) is 29.5 Å². The van der Waals surface area contributed by atoms with Crippen LogP contribution in [0.2, 0.25) is 0 Å². The number of benzene rings is 2. The smallest absolute Gasteiger partial charge is 0.303 e. The zero-order valence-corrected chi connectivity index (χ0v) is 14.3. The van der Waals surface area contributed by atoms with Crippen LogP contribution in [0.25, 0.3) is 22.4 Å². The minimum absolute atomic E-state index is 0.164. The minimum atomic E-state index is -0.761. The molecule has 4 nitrogen and oxygen atoms in total. The molecule has 0 bridgehead atoms. The molecule has 0 amide bonds. The summed E-state index contributed by atoms with van der Waals surface area (Å²) in [6.07, 6.45) is 0.754. The summed E-state index contributed by atoms with van der Waals surface area (Å²) in [5, 5.41) is 8.93. The molecule has 1 aromatic heterocycles. The summed E-state index contributed by atoms with van der Waals surface area (Å²) in [5.41, 5.74) is 6.72. The van der Waals surface area contributed by atoms with Gasteiger partial charge in [-0.25, -0.2) is 4.98 Å². The minimum Gasteiger partial charge on any atom is -0.481 e. The third kappa shape index (κ3) is 3.18. The number of hydrogen-bond acceptors (Lipinski definition) is 2. The fraction of sp³-hybridized carbons (Fsp3) is 0.300. The number of carbonyl (C=O) groups is 1. The maximum atomic E-state index is 10.9. The number of aromatic nitrogens is 2. The molecule has 3 rings (SSSR count).